The van der Waals surface area contributed by atoms with Crippen LogP contribution in [0.3, 0.4) is 0 Å². The number of hydrogen-bond acceptors (Lipinski definition) is 1. The molecule has 0 amide bonds. The SMILES string of the molecule is C=C1CC(CN)CC1CC.Cc1ccc(CC2CCCCC2)c(F)c1. The Morgan fingerprint density at radius 2 is 1.88 bits per heavy atom. The van der Waals surface area contributed by atoms with Gasteiger partial charge in [0.25, 0.3) is 0 Å². The first-order chi connectivity index (χ1) is 12.0. The van der Waals surface area contributed by atoms with Crippen molar-refractivity contribution < 1.29 is 4.39 Å². The fraction of sp³-hybridized carbons (Fsp3) is 0.652. The third kappa shape index (κ3) is 6.26. The predicted octanol–water partition coefficient (Wildman–Crippen LogP) is 6.19. The predicted molar refractivity (Wildman–Crippen MR) is 106 cm³/mol. The highest BCUT2D eigenvalue weighted by atomic mass is 19.1. The van der Waals surface area contributed by atoms with Crippen molar-refractivity contribution >= 4 is 0 Å². The molecule has 2 N–H and O–H groups in total. The molecular weight excluding hydrogens is 309 g/mol. The van der Waals surface area contributed by atoms with Crippen molar-refractivity contribution in [2.75, 3.05) is 6.54 Å². The van der Waals surface area contributed by atoms with E-state index in [-0.39, 0.29) is 5.82 Å². The van der Waals surface area contributed by atoms with E-state index in [2.05, 4.69) is 13.5 Å². The highest BCUT2D eigenvalue weighted by Gasteiger charge is 2.25. The zero-order valence-corrected chi connectivity index (χ0v) is 16.2. The lowest BCUT2D eigenvalue weighted by molar-refractivity contribution is 0.353. The first-order valence-corrected chi connectivity index (χ1v) is 10.2. The van der Waals surface area contributed by atoms with Gasteiger partial charge in [-0.3, -0.25) is 0 Å². The van der Waals surface area contributed by atoms with Crippen LogP contribution in [0.15, 0.2) is 30.4 Å². The summed E-state index contributed by atoms with van der Waals surface area (Å²) in [7, 11) is 0. The molecule has 1 nitrogen and oxygen atoms in total. The van der Waals surface area contributed by atoms with E-state index in [1.807, 2.05) is 19.1 Å². The van der Waals surface area contributed by atoms with Crippen molar-refractivity contribution in [2.45, 2.75) is 71.6 Å². The summed E-state index contributed by atoms with van der Waals surface area (Å²) in [6.45, 7) is 9.06. The average molecular weight is 346 g/mol. The van der Waals surface area contributed by atoms with Gasteiger partial charge in [0.2, 0.25) is 0 Å². The van der Waals surface area contributed by atoms with Gasteiger partial charge in [0.1, 0.15) is 5.82 Å². The van der Waals surface area contributed by atoms with E-state index < -0.39 is 0 Å². The van der Waals surface area contributed by atoms with Crippen LogP contribution in [0.25, 0.3) is 0 Å². The van der Waals surface area contributed by atoms with E-state index in [9.17, 15) is 4.39 Å². The Morgan fingerprint density at radius 1 is 1.16 bits per heavy atom. The number of allylic oxidation sites excluding steroid dienone is 1. The zero-order valence-electron chi connectivity index (χ0n) is 16.2. The van der Waals surface area contributed by atoms with Crippen LogP contribution >= 0.6 is 0 Å². The van der Waals surface area contributed by atoms with Crippen LogP contribution in [-0.4, -0.2) is 6.54 Å². The second-order valence-corrected chi connectivity index (χ2v) is 8.11. The number of hydrogen-bond donors (Lipinski definition) is 1. The maximum Gasteiger partial charge on any atom is 0.126 e. The van der Waals surface area contributed by atoms with E-state index in [1.165, 1.54) is 56.9 Å². The van der Waals surface area contributed by atoms with Gasteiger partial charge in [0.05, 0.1) is 0 Å². The molecule has 1 aromatic rings. The first-order valence-electron chi connectivity index (χ1n) is 10.2. The Hall–Kier alpha value is -1.15. The van der Waals surface area contributed by atoms with Crippen LogP contribution < -0.4 is 5.73 Å². The van der Waals surface area contributed by atoms with Crippen LogP contribution in [-0.2, 0) is 6.42 Å². The van der Waals surface area contributed by atoms with Crippen LogP contribution in [0, 0.1) is 30.5 Å². The quantitative estimate of drug-likeness (QED) is 0.646. The lowest BCUT2D eigenvalue weighted by atomic mass is 9.84. The summed E-state index contributed by atoms with van der Waals surface area (Å²) in [5, 5.41) is 0. The van der Waals surface area contributed by atoms with E-state index in [0.29, 0.717) is 0 Å². The summed E-state index contributed by atoms with van der Waals surface area (Å²) in [6, 6.07) is 5.62. The second-order valence-electron chi connectivity index (χ2n) is 8.11. The average Bonchev–Trinajstić information content (AvgIpc) is 2.99. The van der Waals surface area contributed by atoms with Crippen LogP contribution in [0.1, 0.15) is 69.4 Å². The van der Waals surface area contributed by atoms with Gasteiger partial charge in [-0.1, -0.05) is 63.3 Å². The summed E-state index contributed by atoms with van der Waals surface area (Å²) < 4.78 is 13.6. The van der Waals surface area contributed by atoms with Crippen LogP contribution in [0.2, 0.25) is 0 Å². The standard InChI is InChI=1S/C14H19F.C9H17N/c1-11-7-8-13(14(15)9-11)10-12-5-3-2-4-6-12;1-3-9-5-8(6-10)4-7(9)2/h7-9,12H,2-6,10H2,1H3;8-9H,2-6,10H2,1H3. The minimum absolute atomic E-state index is 0.0134. The number of nitrogens with two attached hydrogens (primary N) is 1. The van der Waals surface area contributed by atoms with E-state index in [1.54, 1.807) is 6.07 Å². The Labute approximate surface area is 153 Å². The van der Waals surface area contributed by atoms with E-state index in [0.717, 1.165) is 41.8 Å². The minimum Gasteiger partial charge on any atom is -0.330 e. The molecule has 0 saturated heterocycles. The summed E-state index contributed by atoms with van der Waals surface area (Å²) in [5.74, 6) is 2.21. The molecular formula is C23H36FN. The molecule has 2 unspecified atom stereocenters. The third-order valence-electron chi connectivity index (χ3n) is 6.01. The Kier molecular flexibility index (Phi) is 8.15. The van der Waals surface area contributed by atoms with Gasteiger partial charge in [0.15, 0.2) is 0 Å². The molecule has 0 radical (unpaired) electrons. The van der Waals surface area contributed by atoms with Crippen molar-refractivity contribution in [3.63, 3.8) is 0 Å². The van der Waals surface area contributed by atoms with Crippen molar-refractivity contribution in [2.24, 2.45) is 23.5 Å². The summed E-state index contributed by atoms with van der Waals surface area (Å²) >= 11 is 0. The molecule has 2 saturated carbocycles. The molecule has 140 valence electrons. The molecule has 25 heavy (non-hydrogen) atoms. The lowest BCUT2D eigenvalue weighted by Gasteiger charge is -2.21. The third-order valence-corrected chi connectivity index (χ3v) is 6.01. The van der Waals surface area contributed by atoms with Crippen molar-refractivity contribution in [1.82, 2.24) is 0 Å². The zero-order chi connectivity index (χ0) is 18.2. The molecule has 0 heterocycles. The molecule has 2 fully saturated rings. The van der Waals surface area contributed by atoms with Gasteiger partial charge in [-0.05, 0) is 74.1 Å². The summed E-state index contributed by atoms with van der Waals surface area (Å²) in [6.07, 6.45) is 11.2. The number of halogens is 1. The summed E-state index contributed by atoms with van der Waals surface area (Å²) in [5.41, 5.74) is 8.92. The molecule has 0 aliphatic heterocycles. The van der Waals surface area contributed by atoms with Crippen molar-refractivity contribution in [3.8, 4) is 0 Å². The van der Waals surface area contributed by atoms with Crippen molar-refractivity contribution in [3.05, 3.63) is 47.3 Å². The molecule has 0 aromatic heterocycles. The monoisotopic (exact) mass is 345 g/mol. The van der Waals surface area contributed by atoms with Gasteiger partial charge in [0, 0.05) is 0 Å². The van der Waals surface area contributed by atoms with Gasteiger partial charge in [-0.15, -0.1) is 0 Å². The number of benzene rings is 1. The fourth-order valence-electron chi connectivity index (χ4n) is 4.34. The van der Waals surface area contributed by atoms with E-state index in [4.69, 9.17) is 5.73 Å². The molecule has 1 aromatic carbocycles. The topological polar surface area (TPSA) is 26.0 Å². The molecule has 0 spiro atoms. The molecule has 0 bridgehead atoms. The maximum absolute atomic E-state index is 13.6. The second kappa shape index (κ2) is 10.1. The maximum atomic E-state index is 13.6. The van der Waals surface area contributed by atoms with Gasteiger partial charge in [-0.25, -0.2) is 4.39 Å². The molecule has 3 rings (SSSR count). The van der Waals surface area contributed by atoms with Gasteiger partial charge in [-0.2, -0.15) is 0 Å². The molecule has 2 aliphatic rings. The molecule has 2 atom stereocenters. The lowest BCUT2D eigenvalue weighted by Crippen LogP contribution is -2.10. The normalized spacial score (nSPS) is 24.1. The largest absolute Gasteiger partial charge is 0.330 e. The smallest absolute Gasteiger partial charge is 0.126 e. The van der Waals surface area contributed by atoms with Crippen molar-refractivity contribution in [1.29, 1.82) is 0 Å². The molecule has 2 aliphatic carbocycles. The summed E-state index contributed by atoms with van der Waals surface area (Å²) in [4.78, 5) is 0. The highest BCUT2D eigenvalue weighted by Crippen LogP contribution is 2.35. The molecule has 2 heteroatoms. The number of aryl methyl sites for hydroxylation is 1. The van der Waals surface area contributed by atoms with Gasteiger partial charge >= 0.3 is 0 Å². The minimum atomic E-state index is -0.0134. The number of rotatable bonds is 4. The van der Waals surface area contributed by atoms with Crippen LogP contribution in [0.4, 0.5) is 4.39 Å². The Morgan fingerprint density at radius 3 is 2.40 bits per heavy atom. The highest BCUT2D eigenvalue weighted by molar-refractivity contribution is 5.23. The van der Waals surface area contributed by atoms with E-state index >= 15 is 0 Å². The van der Waals surface area contributed by atoms with Crippen LogP contribution in [0.5, 0.6) is 0 Å². The fourth-order valence-corrected chi connectivity index (χ4v) is 4.34. The Bertz CT molecular complexity index is 545. The first kappa shape index (κ1) is 20.2. The van der Waals surface area contributed by atoms with Gasteiger partial charge < -0.3 is 5.73 Å². The Balaban J connectivity index is 0.000000196.